The number of nitrogens with zero attached hydrogens (tertiary/aromatic N) is 2. The minimum absolute atomic E-state index is 0.112. The van der Waals surface area contributed by atoms with Crippen LogP contribution in [-0.2, 0) is 22.8 Å². The highest BCUT2D eigenvalue weighted by Crippen LogP contribution is 2.58. The number of aromatic nitrogens is 2. The van der Waals surface area contributed by atoms with E-state index in [0.29, 0.717) is 0 Å². The third kappa shape index (κ3) is 3.69. The number of benzene rings is 4. The normalized spacial score (nSPS) is 18.4. The number of hydrogen-bond donors (Lipinski definition) is 0. The summed E-state index contributed by atoms with van der Waals surface area (Å²) in [6.45, 7) is 15.6. The quantitative estimate of drug-likeness (QED) is 0.121. The monoisotopic (exact) mass is 688 g/mol. The lowest BCUT2D eigenvalue weighted by atomic mass is 9.61. The highest BCUT2D eigenvalue weighted by atomic mass is 19.1. The van der Waals surface area contributed by atoms with Gasteiger partial charge >= 0.3 is 0 Å². The van der Waals surface area contributed by atoms with E-state index in [-0.39, 0.29) is 23.1 Å². The Morgan fingerprint density at radius 3 is 2.19 bits per heavy atom. The van der Waals surface area contributed by atoms with Crippen LogP contribution < -0.4 is 8.97 Å². The SMILES string of the molecule is CCCCc1cc2c3c4[n+](ccc3c1)C(CC)(CC)C(c1c[n+]3ccc5cccc6c5c3c3c(c(F)ccc13)C6(C)C)c1ccc(F)c(c1-4)C2(C)C. The van der Waals surface area contributed by atoms with E-state index in [1.165, 1.54) is 38.2 Å². The maximum atomic E-state index is 16.7. The summed E-state index contributed by atoms with van der Waals surface area (Å²) in [6, 6.07) is 23.2. The fraction of sp³-hybridized carbons (Fsp3) is 0.333. The number of halogens is 2. The van der Waals surface area contributed by atoms with Gasteiger partial charge in [-0.3, -0.25) is 0 Å². The van der Waals surface area contributed by atoms with Crippen molar-refractivity contribution in [1.82, 2.24) is 0 Å². The molecule has 2 nitrogen and oxygen atoms in total. The number of aryl methyl sites for hydroxylation is 1. The third-order valence-electron chi connectivity index (χ3n) is 13.8. The van der Waals surface area contributed by atoms with Crippen LogP contribution in [0.4, 0.5) is 8.78 Å². The fourth-order valence-corrected chi connectivity index (χ4v) is 11.3. The van der Waals surface area contributed by atoms with Crippen LogP contribution in [0, 0.1) is 11.6 Å². The van der Waals surface area contributed by atoms with Gasteiger partial charge in [0, 0.05) is 52.5 Å². The molecule has 0 saturated carbocycles. The van der Waals surface area contributed by atoms with Gasteiger partial charge in [0.05, 0.1) is 27.6 Å². The van der Waals surface area contributed by atoms with Gasteiger partial charge in [0.1, 0.15) is 11.6 Å². The van der Waals surface area contributed by atoms with Crippen LogP contribution in [0.15, 0.2) is 85.3 Å². The second kappa shape index (κ2) is 10.5. The van der Waals surface area contributed by atoms with E-state index < -0.39 is 10.8 Å². The lowest BCUT2D eigenvalue weighted by Gasteiger charge is -2.45. The van der Waals surface area contributed by atoms with Gasteiger partial charge in [-0.2, -0.15) is 8.97 Å². The number of pyridine rings is 3. The molecule has 1 aliphatic heterocycles. The van der Waals surface area contributed by atoms with Gasteiger partial charge in [0.2, 0.25) is 11.2 Å². The summed E-state index contributed by atoms with van der Waals surface area (Å²) in [6.07, 6.45) is 11.8. The van der Waals surface area contributed by atoms with Gasteiger partial charge in [-0.25, -0.2) is 8.78 Å². The molecule has 1 unspecified atom stereocenters. The van der Waals surface area contributed by atoms with Crippen molar-refractivity contribution in [2.24, 2.45) is 0 Å². The minimum atomic E-state index is -0.540. The molecule has 3 aliphatic rings. The van der Waals surface area contributed by atoms with E-state index in [4.69, 9.17) is 0 Å². The molecule has 0 bridgehead atoms. The topological polar surface area (TPSA) is 7.98 Å². The van der Waals surface area contributed by atoms with Crippen molar-refractivity contribution in [2.75, 3.05) is 0 Å². The van der Waals surface area contributed by atoms with Crippen LogP contribution in [0.1, 0.15) is 119 Å². The first kappa shape index (κ1) is 32.0. The zero-order valence-electron chi connectivity index (χ0n) is 31.3. The zero-order chi connectivity index (χ0) is 36.1. The van der Waals surface area contributed by atoms with Crippen LogP contribution in [-0.4, -0.2) is 0 Å². The molecule has 4 aromatic carbocycles. The highest BCUT2D eigenvalue weighted by molar-refractivity contribution is 6.14. The van der Waals surface area contributed by atoms with Crippen molar-refractivity contribution in [3.05, 3.63) is 136 Å². The average Bonchev–Trinajstić information content (AvgIpc) is 3.14. The van der Waals surface area contributed by atoms with Crippen LogP contribution in [0.2, 0.25) is 0 Å². The van der Waals surface area contributed by atoms with E-state index in [2.05, 4.69) is 125 Å². The summed E-state index contributed by atoms with van der Waals surface area (Å²) in [7, 11) is 0. The predicted octanol–water partition coefficient (Wildman–Crippen LogP) is 11.4. The molecule has 0 spiro atoms. The molecule has 7 aromatic rings. The van der Waals surface area contributed by atoms with E-state index in [1.807, 2.05) is 6.07 Å². The van der Waals surface area contributed by atoms with Gasteiger partial charge < -0.3 is 0 Å². The Morgan fingerprint density at radius 2 is 1.42 bits per heavy atom. The second-order valence-corrected chi connectivity index (χ2v) is 16.9. The lowest BCUT2D eigenvalue weighted by molar-refractivity contribution is -0.760. The van der Waals surface area contributed by atoms with Gasteiger partial charge in [-0.1, -0.05) is 97.4 Å². The average molecular weight is 689 g/mol. The van der Waals surface area contributed by atoms with Crippen LogP contribution >= 0.6 is 0 Å². The zero-order valence-corrected chi connectivity index (χ0v) is 31.3. The van der Waals surface area contributed by atoms with Crippen LogP contribution in [0.25, 0.3) is 49.1 Å². The van der Waals surface area contributed by atoms with Gasteiger partial charge in [0.25, 0.3) is 0 Å². The Morgan fingerprint density at radius 1 is 0.692 bits per heavy atom. The van der Waals surface area contributed by atoms with Crippen LogP contribution in [0.3, 0.4) is 0 Å². The second-order valence-electron chi connectivity index (χ2n) is 16.9. The summed E-state index contributed by atoms with van der Waals surface area (Å²) in [5.41, 5.74) is 9.43. The molecule has 0 fully saturated rings. The summed E-state index contributed by atoms with van der Waals surface area (Å²) in [4.78, 5) is 0. The highest BCUT2D eigenvalue weighted by Gasteiger charge is 2.57. The Bertz CT molecular complexity index is 2730. The fourth-order valence-electron chi connectivity index (χ4n) is 11.3. The first-order chi connectivity index (χ1) is 25.0. The summed E-state index contributed by atoms with van der Waals surface area (Å²) in [5, 5.41) is 6.95. The largest absolute Gasteiger partial charge is 0.227 e. The predicted molar refractivity (Wildman–Crippen MR) is 207 cm³/mol. The molecule has 52 heavy (non-hydrogen) atoms. The smallest absolute Gasteiger partial charge is 0.207 e. The van der Waals surface area contributed by atoms with E-state index in [0.717, 1.165) is 81.9 Å². The van der Waals surface area contributed by atoms with Crippen molar-refractivity contribution in [3.8, 4) is 11.3 Å². The first-order valence-electron chi connectivity index (χ1n) is 19.4. The Hall–Kier alpha value is -4.70. The van der Waals surface area contributed by atoms with E-state index in [1.54, 1.807) is 12.1 Å². The van der Waals surface area contributed by atoms with Crippen molar-refractivity contribution in [1.29, 1.82) is 0 Å². The van der Waals surface area contributed by atoms with E-state index >= 15 is 8.78 Å². The maximum Gasteiger partial charge on any atom is 0.227 e. The Kier molecular flexibility index (Phi) is 6.44. The standard InChI is InChI=1S/C48H46F2N2/c1-8-11-13-27-24-29-21-23-52-45-38(29)34(25-27)47(6,7)43-36(50)19-17-31(40(43)45)41(48(52,9-2)10-3)32-26-51-22-20-28-14-12-15-33-37(28)44(51)39-30(32)16-18-35(49)42(39)46(33,4)5/h12,14-26,41H,8-11,13H2,1-7H3/q+2. The van der Waals surface area contributed by atoms with Gasteiger partial charge in [0.15, 0.2) is 24.1 Å². The van der Waals surface area contributed by atoms with Crippen LogP contribution in [0.5, 0.6) is 0 Å². The molecule has 3 aromatic heterocycles. The third-order valence-corrected chi connectivity index (χ3v) is 13.8. The van der Waals surface area contributed by atoms with Crippen molar-refractivity contribution >= 4 is 37.8 Å². The summed E-state index contributed by atoms with van der Waals surface area (Å²) < 4.78 is 37.9. The first-order valence-corrected chi connectivity index (χ1v) is 19.4. The molecule has 10 rings (SSSR count). The maximum absolute atomic E-state index is 16.7. The van der Waals surface area contributed by atoms with Gasteiger partial charge in [-0.15, -0.1) is 0 Å². The minimum Gasteiger partial charge on any atom is -0.207 e. The molecule has 260 valence electrons. The summed E-state index contributed by atoms with van der Waals surface area (Å²) >= 11 is 0. The Balaban J connectivity index is 1.37. The van der Waals surface area contributed by atoms with Crippen molar-refractivity contribution in [3.63, 3.8) is 0 Å². The number of rotatable bonds is 6. The molecule has 0 N–H and O–H groups in total. The molecule has 2 aliphatic carbocycles. The lowest BCUT2D eigenvalue weighted by Crippen LogP contribution is -2.63. The van der Waals surface area contributed by atoms with Gasteiger partial charge in [-0.05, 0) is 63.4 Å². The summed E-state index contributed by atoms with van der Waals surface area (Å²) in [5.74, 6) is -0.422. The van der Waals surface area contributed by atoms with Crippen molar-refractivity contribution in [2.45, 2.75) is 103 Å². The molecule has 0 saturated heterocycles. The van der Waals surface area contributed by atoms with E-state index in [9.17, 15) is 0 Å². The molecule has 4 heterocycles. The molecular weight excluding hydrogens is 643 g/mol. The number of unbranched alkanes of at least 4 members (excludes halogenated alkanes) is 1. The molecular formula is C48H46F2N2+2. The van der Waals surface area contributed by atoms with Crippen molar-refractivity contribution < 1.29 is 17.7 Å². The Labute approximate surface area is 304 Å². The molecule has 0 radical (unpaired) electrons. The number of hydrogen-bond acceptors (Lipinski definition) is 0. The molecule has 0 amide bonds. The molecule has 1 atom stereocenters. The molecule has 4 heteroatoms.